The van der Waals surface area contributed by atoms with Gasteiger partial charge >= 0.3 is 17.3 Å². The molecular weight excluding hydrogens is 120 g/mol. The summed E-state index contributed by atoms with van der Waals surface area (Å²) in [6, 6.07) is 0. The third-order valence-electron chi connectivity index (χ3n) is 0.189. The molecule has 1 N–H and O–H groups in total. The van der Waals surface area contributed by atoms with E-state index in [0.717, 1.165) is 6.92 Å². The minimum absolute atomic E-state index is 0.763. The molecule has 0 bridgehead atoms. The van der Waals surface area contributed by atoms with Gasteiger partial charge in [0.25, 0.3) is 0 Å². The van der Waals surface area contributed by atoms with E-state index in [-0.39, 0.29) is 0 Å². The molecule has 0 heterocycles. The first-order valence-corrected chi connectivity index (χ1v) is 2.46. The summed E-state index contributed by atoms with van der Waals surface area (Å²) in [5, 5.41) is 0. The molecule has 7 heavy (non-hydrogen) atoms. The van der Waals surface area contributed by atoms with Gasteiger partial charge < -0.3 is 4.18 Å². The van der Waals surface area contributed by atoms with Crippen LogP contribution in [0.5, 0.6) is 0 Å². The SMILES string of the molecule is CC(=O)OS(=O)O. The fourth-order valence-corrected chi connectivity index (χ4v) is 0.301. The molecule has 0 rings (SSSR count). The predicted octanol–water partition coefficient (Wildman–Crippen LogP) is -0.314. The van der Waals surface area contributed by atoms with Crippen molar-refractivity contribution in [2.24, 2.45) is 0 Å². The molecule has 0 aliphatic rings. The number of hydrogen-bond donors (Lipinski definition) is 1. The van der Waals surface area contributed by atoms with Gasteiger partial charge in [0.15, 0.2) is 0 Å². The molecule has 0 saturated heterocycles. The van der Waals surface area contributed by atoms with Crippen molar-refractivity contribution < 1.29 is 17.7 Å². The molecule has 0 aromatic carbocycles. The fraction of sp³-hybridized carbons (Fsp3) is 0.500. The van der Waals surface area contributed by atoms with Crippen LogP contribution in [-0.4, -0.2) is 14.7 Å². The second-order valence-electron chi connectivity index (χ2n) is 0.792. The summed E-state index contributed by atoms with van der Waals surface area (Å²) in [5.74, 6) is -0.763. The summed E-state index contributed by atoms with van der Waals surface area (Å²) in [6.07, 6.45) is 0. The molecule has 5 heteroatoms. The maximum absolute atomic E-state index is 9.68. The largest absolute Gasteiger partial charge is 0.360 e. The molecular formula is C2H4O4S. The monoisotopic (exact) mass is 124 g/mol. The Labute approximate surface area is 43.0 Å². The zero-order chi connectivity index (χ0) is 5.86. The zero-order valence-electron chi connectivity index (χ0n) is 3.58. The summed E-state index contributed by atoms with van der Waals surface area (Å²) in [7, 11) is 0. The average Bonchev–Trinajstić information content (AvgIpc) is 1.27. The molecule has 0 fully saturated rings. The molecule has 0 amide bonds. The van der Waals surface area contributed by atoms with Gasteiger partial charge in [0.05, 0.1) is 0 Å². The van der Waals surface area contributed by atoms with E-state index in [9.17, 15) is 9.00 Å². The Morgan fingerprint density at radius 2 is 2.29 bits per heavy atom. The zero-order valence-corrected chi connectivity index (χ0v) is 4.40. The second-order valence-corrected chi connectivity index (χ2v) is 1.39. The minimum Gasteiger partial charge on any atom is -0.344 e. The highest BCUT2D eigenvalue weighted by Gasteiger charge is 1.94. The van der Waals surface area contributed by atoms with Crippen molar-refractivity contribution in [2.75, 3.05) is 0 Å². The Kier molecular flexibility index (Phi) is 2.54. The van der Waals surface area contributed by atoms with Gasteiger partial charge in [-0.15, -0.1) is 0 Å². The highest BCUT2D eigenvalue weighted by molar-refractivity contribution is 7.74. The molecule has 1 atom stereocenters. The van der Waals surface area contributed by atoms with Crippen molar-refractivity contribution in [3.05, 3.63) is 0 Å². The van der Waals surface area contributed by atoms with Crippen LogP contribution in [0.4, 0.5) is 0 Å². The van der Waals surface area contributed by atoms with Crippen LogP contribution >= 0.6 is 0 Å². The first-order chi connectivity index (χ1) is 3.13. The van der Waals surface area contributed by atoms with Gasteiger partial charge in [-0.25, -0.2) is 0 Å². The normalized spacial score (nSPS) is 12.9. The first-order valence-electron chi connectivity index (χ1n) is 1.42. The van der Waals surface area contributed by atoms with Crippen LogP contribution in [0.15, 0.2) is 0 Å². The summed E-state index contributed by atoms with van der Waals surface area (Å²) >= 11 is -2.45. The van der Waals surface area contributed by atoms with Crippen molar-refractivity contribution in [1.29, 1.82) is 0 Å². The van der Waals surface area contributed by atoms with Crippen LogP contribution < -0.4 is 0 Å². The standard InChI is InChI=1S/C2H4O4S/c1-2(3)6-7(4)5/h1H3,(H,4,5). The van der Waals surface area contributed by atoms with Gasteiger partial charge in [0.2, 0.25) is 0 Å². The Balaban J connectivity index is 3.32. The topological polar surface area (TPSA) is 63.6 Å². The lowest BCUT2D eigenvalue weighted by atomic mass is 10.9. The molecule has 0 saturated carbocycles. The van der Waals surface area contributed by atoms with E-state index < -0.39 is 17.3 Å². The van der Waals surface area contributed by atoms with E-state index in [1.807, 2.05) is 0 Å². The van der Waals surface area contributed by atoms with Crippen molar-refractivity contribution in [1.82, 2.24) is 0 Å². The van der Waals surface area contributed by atoms with E-state index in [1.54, 1.807) is 0 Å². The van der Waals surface area contributed by atoms with E-state index in [0.29, 0.717) is 0 Å². The van der Waals surface area contributed by atoms with E-state index >= 15 is 0 Å². The summed E-state index contributed by atoms with van der Waals surface area (Å²) in [4.78, 5) is 9.68. The third kappa shape index (κ3) is 5.58. The van der Waals surface area contributed by atoms with E-state index in [2.05, 4.69) is 4.18 Å². The molecule has 42 valence electrons. The lowest BCUT2D eigenvalue weighted by molar-refractivity contribution is -0.131. The Morgan fingerprint density at radius 1 is 1.86 bits per heavy atom. The number of carbonyl (C=O) groups excluding carboxylic acids is 1. The predicted molar refractivity (Wildman–Crippen MR) is 22.5 cm³/mol. The van der Waals surface area contributed by atoms with Crippen molar-refractivity contribution in [3.63, 3.8) is 0 Å². The maximum Gasteiger partial charge on any atom is 0.360 e. The van der Waals surface area contributed by atoms with Crippen LogP contribution in [0.1, 0.15) is 6.92 Å². The van der Waals surface area contributed by atoms with Crippen LogP contribution in [0, 0.1) is 0 Å². The van der Waals surface area contributed by atoms with Gasteiger partial charge in [0, 0.05) is 6.92 Å². The van der Waals surface area contributed by atoms with Crippen LogP contribution in [-0.2, 0) is 20.3 Å². The van der Waals surface area contributed by atoms with Crippen molar-refractivity contribution >= 4 is 17.3 Å². The van der Waals surface area contributed by atoms with Gasteiger partial charge in [0.1, 0.15) is 0 Å². The van der Waals surface area contributed by atoms with E-state index in [1.165, 1.54) is 0 Å². The molecule has 0 aromatic heterocycles. The lowest BCUT2D eigenvalue weighted by Crippen LogP contribution is -1.99. The molecule has 4 nitrogen and oxygen atoms in total. The van der Waals surface area contributed by atoms with Crippen molar-refractivity contribution in [3.8, 4) is 0 Å². The van der Waals surface area contributed by atoms with Crippen LogP contribution in [0.25, 0.3) is 0 Å². The molecule has 0 aromatic rings. The van der Waals surface area contributed by atoms with Crippen LogP contribution in [0.3, 0.4) is 0 Å². The Hall–Kier alpha value is -0.420. The van der Waals surface area contributed by atoms with Crippen molar-refractivity contribution in [2.45, 2.75) is 6.92 Å². The molecule has 0 aliphatic carbocycles. The van der Waals surface area contributed by atoms with Gasteiger partial charge in [-0.3, -0.25) is 9.35 Å². The maximum atomic E-state index is 9.68. The molecule has 1 unspecified atom stereocenters. The highest BCUT2D eigenvalue weighted by atomic mass is 32.2. The smallest absolute Gasteiger partial charge is 0.344 e. The number of rotatable bonds is 1. The van der Waals surface area contributed by atoms with Gasteiger partial charge in [-0.2, -0.15) is 4.21 Å². The molecule has 0 radical (unpaired) electrons. The first kappa shape index (κ1) is 6.58. The van der Waals surface area contributed by atoms with E-state index in [4.69, 9.17) is 4.55 Å². The Bertz CT molecular complexity index is 85.9. The summed E-state index contributed by atoms with van der Waals surface area (Å²) in [5.41, 5.74) is 0. The highest BCUT2D eigenvalue weighted by Crippen LogP contribution is 1.76. The minimum atomic E-state index is -2.45. The second kappa shape index (κ2) is 2.70. The summed E-state index contributed by atoms with van der Waals surface area (Å²) in [6.45, 7) is 1.05. The molecule has 0 spiro atoms. The molecule has 0 aliphatic heterocycles. The Morgan fingerprint density at radius 3 is 2.29 bits per heavy atom. The van der Waals surface area contributed by atoms with Gasteiger partial charge in [-0.1, -0.05) is 0 Å². The van der Waals surface area contributed by atoms with Crippen LogP contribution in [0.2, 0.25) is 0 Å². The third-order valence-corrected chi connectivity index (χ3v) is 0.566. The quantitative estimate of drug-likeness (QED) is 0.487. The average molecular weight is 124 g/mol. The van der Waals surface area contributed by atoms with Gasteiger partial charge in [-0.05, 0) is 0 Å². The number of hydrogen-bond acceptors (Lipinski definition) is 3. The fourth-order valence-electron chi connectivity index (χ4n) is 0.100. The lowest BCUT2D eigenvalue weighted by Gasteiger charge is -1.86. The summed E-state index contributed by atoms with van der Waals surface area (Å²) < 4.78 is 20.9. The number of carbonyl (C=O) groups is 1.